The smallest absolute Gasteiger partial charge is 0.0459 e. The van der Waals surface area contributed by atoms with E-state index < -0.39 is 0 Å². The normalized spacial score (nSPS) is 19.3. The molecule has 1 unspecified atom stereocenters. The van der Waals surface area contributed by atoms with E-state index in [1.54, 1.807) is 0 Å². The topological polar surface area (TPSA) is 15.3 Å². The number of rotatable bonds is 3. The third-order valence-electron chi connectivity index (χ3n) is 3.20. The predicted octanol–water partition coefficient (Wildman–Crippen LogP) is 2.70. The molecule has 0 saturated heterocycles. The Kier molecular flexibility index (Phi) is 3.41. The van der Waals surface area contributed by atoms with Crippen LogP contribution in [0, 0.1) is 0 Å². The van der Waals surface area contributed by atoms with Crippen LogP contribution in [0.5, 0.6) is 0 Å². The first kappa shape index (κ1) is 11.7. The van der Waals surface area contributed by atoms with E-state index in [1.807, 2.05) is 19.2 Å². The molecule has 88 valence electrons. The third kappa shape index (κ3) is 1.92. The van der Waals surface area contributed by atoms with Crippen LogP contribution < -0.4 is 10.2 Å². The maximum Gasteiger partial charge on any atom is 0.0459 e. The summed E-state index contributed by atoms with van der Waals surface area (Å²) in [5.74, 6) is 0. The first-order valence-electron chi connectivity index (χ1n) is 5.85. The summed E-state index contributed by atoms with van der Waals surface area (Å²) in [6.07, 6.45) is 1.05. The molecule has 0 spiro atoms. The van der Waals surface area contributed by atoms with Crippen molar-refractivity contribution in [3.05, 3.63) is 28.8 Å². The van der Waals surface area contributed by atoms with Crippen molar-refractivity contribution >= 4 is 17.3 Å². The Morgan fingerprint density at radius 3 is 2.88 bits per heavy atom. The standard InChI is InChI=1S/C13H19ClN2/c1-9(2)16-10(8-15-3)7-11-12(14)5-4-6-13(11)16/h4-6,9-10,15H,7-8H2,1-3H3. The van der Waals surface area contributed by atoms with Gasteiger partial charge in [0.2, 0.25) is 0 Å². The monoisotopic (exact) mass is 238 g/mol. The van der Waals surface area contributed by atoms with Crippen molar-refractivity contribution < 1.29 is 0 Å². The van der Waals surface area contributed by atoms with Gasteiger partial charge in [0.05, 0.1) is 0 Å². The minimum atomic E-state index is 0.512. The number of fused-ring (bicyclic) bond motifs is 1. The number of nitrogens with zero attached hydrogens (tertiary/aromatic N) is 1. The molecule has 2 nitrogen and oxygen atoms in total. The zero-order valence-corrected chi connectivity index (χ0v) is 10.9. The Morgan fingerprint density at radius 1 is 1.50 bits per heavy atom. The molecule has 3 heteroatoms. The van der Waals surface area contributed by atoms with Crippen molar-refractivity contribution in [2.45, 2.75) is 32.4 Å². The fraction of sp³-hybridized carbons (Fsp3) is 0.538. The minimum absolute atomic E-state index is 0.512. The lowest BCUT2D eigenvalue weighted by molar-refractivity contribution is 0.544. The van der Waals surface area contributed by atoms with Crippen LogP contribution in [0.2, 0.25) is 5.02 Å². The van der Waals surface area contributed by atoms with Crippen molar-refractivity contribution in [3.63, 3.8) is 0 Å². The van der Waals surface area contributed by atoms with E-state index in [-0.39, 0.29) is 0 Å². The molecule has 0 saturated carbocycles. The number of likely N-dealkylation sites (N-methyl/N-ethyl adjacent to an activating group) is 1. The molecule has 0 amide bonds. The van der Waals surface area contributed by atoms with Crippen molar-refractivity contribution in [1.82, 2.24) is 5.32 Å². The molecule has 0 fully saturated rings. The van der Waals surface area contributed by atoms with Crippen LogP contribution in [0.3, 0.4) is 0 Å². The molecular weight excluding hydrogens is 220 g/mol. The summed E-state index contributed by atoms with van der Waals surface area (Å²) in [7, 11) is 2.00. The first-order chi connectivity index (χ1) is 7.65. The molecule has 16 heavy (non-hydrogen) atoms. The Morgan fingerprint density at radius 2 is 2.25 bits per heavy atom. The van der Waals surface area contributed by atoms with Gasteiger partial charge in [0, 0.05) is 29.3 Å². The van der Waals surface area contributed by atoms with E-state index in [9.17, 15) is 0 Å². The summed E-state index contributed by atoms with van der Waals surface area (Å²) in [5, 5.41) is 4.17. The van der Waals surface area contributed by atoms with Crippen molar-refractivity contribution in [2.75, 3.05) is 18.5 Å². The van der Waals surface area contributed by atoms with Gasteiger partial charge in [0.25, 0.3) is 0 Å². The zero-order valence-electron chi connectivity index (χ0n) is 10.1. The fourth-order valence-corrected chi connectivity index (χ4v) is 2.87. The molecule has 1 N–H and O–H groups in total. The van der Waals surface area contributed by atoms with Gasteiger partial charge in [-0.2, -0.15) is 0 Å². The SMILES string of the molecule is CNCC1Cc2c(Cl)cccc2N1C(C)C. The highest BCUT2D eigenvalue weighted by atomic mass is 35.5. The highest BCUT2D eigenvalue weighted by Crippen LogP contribution is 2.37. The van der Waals surface area contributed by atoms with Crippen LogP contribution in [0.15, 0.2) is 18.2 Å². The molecule has 0 bridgehead atoms. The molecular formula is C13H19ClN2. The lowest BCUT2D eigenvalue weighted by atomic mass is 10.1. The molecule has 1 aliphatic rings. The van der Waals surface area contributed by atoms with E-state index in [4.69, 9.17) is 11.6 Å². The molecule has 1 aromatic carbocycles. The van der Waals surface area contributed by atoms with Crippen LogP contribution >= 0.6 is 11.6 Å². The number of benzene rings is 1. The maximum atomic E-state index is 6.26. The summed E-state index contributed by atoms with van der Waals surface area (Å²) >= 11 is 6.26. The number of hydrogen-bond acceptors (Lipinski definition) is 2. The summed E-state index contributed by atoms with van der Waals surface area (Å²) in [6.45, 7) is 5.47. The first-order valence-corrected chi connectivity index (χ1v) is 6.23. The van der Waals surface area contributed by atoms with Gasteiger partial charge in [-0.15, -0.1) is 0 Å². The number of nitrogens with one attached hydrogen (secondary N) is 1. The largest absolute Gasteiger partial charge is 0.364 e. The molecule has 2 rings (SSSR count). The Labute approximate surface area is 103 Å². The van der Waals surface area contributed by atoms with Crippen LogP contribution in [0.25, 0.3) is 0 Å². The fourth-order valence-electron chi connectivity index (χ4n) is 2.63. The van der Waals surface area contributed by atoms with Crippen molar-refractivity contribution in [1.29, 1.82) is 0 Å². The second-order valence-electron chi connectivity index (χ2n) is 4.65. The second-order valence-corrected chi connectivity index (χ2v) is 5.06. The van der Waals surface area contributed by atoms with Gasteiger partial charge in [0.15, 0.2) is 0 Å². The highest BCUT2D eigenvalue weighted by molar-refractivity contribution is 6.31. The second kappa shape index (κ2) is 4.64. The van der Waals surface area contributed by atoms with Gasteiger partial charge in [0.1, 0.15) is 0 Å². The van der Waals surface area contributed by atoms with Crippen LogP contribution in [-0.4, -0.2) is 25.7 Å². The zero-order chi connectivity index (χ0) is 11.7. The van der Waals surface area contributed by atoms with E-state index in [0.29, 0.717) is 12.1 Å². The van der Waals surface area contributed by atoms with Crippen molar-refractivity contribution in [2.24, 2.45) is 0 Å². The average molecular weight is 239 g/mol. The van der Waals surface area contributed by atoms with E-state index in [2.05, 4.69) is 30.1 Å². The Bertz CT molecular complexity index is 376. The Balaban J connectivity index is 2.37. The predicted molar refractivity (Wildman–Crippen MR) is 70.5 cm³/mol. The van der Waals surface area contributed by atoms with Gasteiger partial charge in [-0.05, 0) is 45.0 Å². The molecule has 1 atom stereocenters. The lowest BCUT2D eigenvalue weighted by Crippen LogP contribution is -2.43. The number of hydrogen-bond donors (Lipinski definition) is 1. The van der Waals surface area contributed by atoms with Gasteiger partial charge in [-0.1, -0.05) is 17.7 Å². The number of halogens is 1. The van der Waals surface area contributed by atoms with Crippen LogP contribution in [0.1, 0.15) is 19.4 Å². The summed E-state index contributed by atoms with van der Waals surface area (Å²) in [4.78, 5) is 2.47. The summed E-state index contributed by atoms with van der Waals surface area (Å²) in [5.41, 5.74) is 2.61. The third-order valence-corrected chi connectivity index (χ3v) is 3.56. The van der Waals surface area contributed by atoms with Gasteiger partial charge >= 0.3 is 0 Å². The maximum absolute atomic E-state index is 6.26. The lowest BCUT2D eigenvalue weighted by Gasteiger charge is -2.31. The minimum Gasteiger partial charge on any atom is -0.364 e. The average Bonchev–Trinajstić information content (AvgIpc) is 2.58. The molecule has 1 aliphatic heterocycles. The number of anilines is 1. The van der Waals surface area contributed by atoms with Gasteiger partial charge < -0.3 is 10.2 Å². The molecule has 0 radical (unpaired) electrons. The van der Waals surface area contributed by atoms with Gasteiger partial charge in [-0.3, -0.25) is 0 Å². The van der Waals surface area contributed by atoms with E-state index in [0.717, 1.165) is 18.0 Å². The van der Waals surface area contributed by atoms with Crippen molar-refractivity contribution in [3.8, 4) is 0 Å². The molecule has 0 aliphatic carbocycles. The van der Waals surface area contributed by atoms with Crippen LogP contribution in [-0.2, 0) is 6.42 Å². The summed E-state index contributed by atoms with van der Waals surface area (Å²) in [6, 6.07) is 7.24. The van der Waals surface area contributed by atoms with E-state index in [1.165, 1.54) is 11.3 Å². The van der Waals surface area contributed by atoms with Crippen LogP contribution in [0.4, 0.5) is 5.69 Å². The molecule has 1 aromatic rings. The summed E-state index contributed by atoms with van der Waals surface area (Å²) < 4.78 is 0. The van der Waals surface area contributed by atoms with E-state index >= 15 is 0 Å². The quantitative estimate of drug-likeness (QED) is 0.871. The Hall–Kier alpha value is -0.730. The van der Waals surface area contributed by atoms with Gasteiger partial charge in [-0.25, -0.2) is 0 Å². The highest BCUT2D eigenvalue weighted by Gasteiger charge is 2.31. The molecule has 0 aromatic heterocycles. The molecule has 1 heterocycles.